The van der Waals surface area contributed by atoms with E-state index in [0.29, 0.717) is 0 Å². The van der Waals surface area contributed by atoms with Crippen molar-refractivity contribution in [1.29, 1.82) is 0 Å². The molecule has 18 heavy (non-hydrogen) atoms. The molecule has 0 unspecified atom stereocenters. The van der Waals surface area contributed by atoms with Gasteiger partial charge < -0.3 is 5.11 Å². The first-order valence-corrected chi connectivity index (χ1v) is 7.38. The average molecular weight is 311 g/mol. The Balaban J connectivity index is 3.15. The largest absolute Gasteiger partial charge is 0.481 e. The number of carbonyl (C=O) groups is 1. The van der Waals surface area contributed by atoms with Crippen molar-refractivity contribution < 1.29 is 18.3 Å². The van der Waals surface area contributed by atoms with E-state index in [9.17, 15) is 13.2 Å². The highest BCUT2D eigenvalue weighted by Crippen LogP contribution is 2.28. The highest BCUT2D eigenvalue weighted by Gasteiger charge is 2.34. The molecule has 0 saturated heterocycles. The SMILES string of the molecule is CC(C)(CS(=O)(=O)c1ccc(Cl)c(Cl)c1)C(=O)O. The lowest BCUT2D eigenvalue weighted by molar-refractivity contribution is -0.145. The molecule has 0 aliphatic heterocycles. The van der Waals surface area contributed by atoms with Crippen LogP contribution in [0.15, 0.2) is 23.1 Å². The second-order valence-electron chi connectivity index (χ2n) is 4.52. The molecular formula is C11H12Cl2O4S. The van der Waals surface area contributed by atoms with Crippen LogP contribution in [0.25, 0.3) is 0 Å². The Bertz CT molecular complexity index is 579. The van der Waals surface area contributed by atoms with Gasteiger partial charge in [-0.2, -0.15) is 0 Å². The Morgan fingerprint density at radius 1 is 1.28 bits per heavy atom. The highest BCUT2D eigenvalue weighted by molar-refractivity contribution is 7.91. The molecule has 4 nitrogen and oxygen atoms in total. The highest BCUT2D eigenvalue weighted by atomic mass is 35.5. The van der Waals surface area contributed by atoms with E-state index in [1.54, 1.807) is 0 Å². The predicted octanol–water partition coefficient (Wildman–Crippen LogP) is 2.88. The molecule has 7 heteroatoms. The van der Waals surface area contributed by atoms with Crippen LogP contribution in [-0.4, -0.2) is 25.2 Å². The van der Waals surface area contributed by atoms with Crippen LogP contribution in [0.5, 0.6) is 0 Å². The molecule has 1 N–H and O–H groups in total. The summed E-state index contributed by atoms with van der Waals surface area (Å²) in [7, 11) is -3.73. The van der Waals surface area contributed by atoms with Crippen LogP contribution in [0, 0.1) is 5.41 Å². The molecule has 0 fully saturated rings. The van der Waals surface area contributed by atoms with Gasteiger partial charge in [-0.25, -0.2) is 8.42 Å². The van der Waals surface area contributed by atoms with Gasteiger partial charge in [-0.1, -0.05) is 23.2 Å². The van der Waals surface area contributed by atoms with Crippen LogP contribution in [0.3, 0.4) is 0 Å². The number of hydrogen-bond acceptors (Lipinski definition) is 3. The average Bonchev–Trinajstić information content (AvgIpc) is 2.20. The van der Waals surface area contributed by atoms with Gasteiger partial charge in [-0.15, -0.1) is 0 Å². The summed E-state index contributed by atoms with van der Waals surface area (Å²) < 4.78 is 24.1. The van der Waals surface area contributed by atoms with E-state index >= 15 is 0 Å². The molecule has 0 aliphatic carbocycles. The Labute approximate surface area is 115 Å². The number of halogens is 2. The smallest absolute Gasteiger partial charge is 0.310 e. The van der Waals surface area contributed by atoms with E-state index in [-0.39, 0.29) is 14.9 Å². The van der Waals surface area contributed by atoms with E-state index in [2.05, 4.69) is 0 Å². The normalized spacial score (nSPS) is 12.4. The molecule has 1 rings (SSSR count). The van der Waals surface area contributed by atoms with Crippen molar-refractivity contribution in [2.45, 2.75) is 18.7 Å². The van der Waals surface area contributed by atoms with Gasteiger partial charge in [-0.3, -0.25) is 4.79 Å². The van der Waals surface area contributed by atoms with Crippen LogP contribution >= 0.6 is 23.2 Å². The van der Waals surface area contributed by atoms with Crippen molar-refractivity contribution in [1.82, 2.24) is 0 Å². The molecule has 0 spiro atoms. The molecule has 1 aromatic carbocycles. The molecule has 0 heterocycles. The van der Waals surface area contributed by atoms with Crippen molar-refractivity contribution in [2.75, 3.05) is 5.75 Å². The monoisotopic (exact) mass is 310 g/mol. The summed E-state index contributed by atoms with van der Waals surface area (Å²) in [4.78, 5) is 10.9. The quantitative estimate of drug-likeness (QED) is 0.928. The Morgan fingerprint density at radius 2 is 1.83 bits per heavy atom. The van der Waals surface area contributed by atoms with Gasteiger partial charge in [0, 0.05) is 0 Å². The number of carboxylic acid groups (broad SMARTS) is 1. The zero-order valence-electron chi connectivity index (χ0n) is 9.78. The first kappa shape index (κ1) is 15.3. The van der Waals surface area contributed by atoms with Crippen LogP contribution < -0.4 is 0 Å². The van der Waals surface area contributed by atoms with Crippen molar-refractivity contribution in [3.05, 3.63) is 28.2 Å². The fourth-order valence-electron chi connectivity index (χ4n) is 1.29. The Morgan fingerprint density at radius 3 is 2.28 bits per heavy atom. The van der Waals surface area contributed by atoms with Crippen molar-refractivity contribution >= 4 is 39.0 Å². The molecular weight excluding hydrogens is 299 g/mol. The summed E-state index contributed by atoms with van der Waals surface area (Å²) in [5.74, 6) is -1.68. The van der Waals surface area contributed by atoms with Crippen LogP contribution in [0.4, 0.5) is 0 Å². The first-order chi connectivity index (χ1) is 8.06. The third-order valence-corrected chi connectivity index (χ3v) is 5.19. The molecule has 0 bridgehead atoms. The molecule has 100 valence electrons. The van der Waals surface area contributed by atoms with Gasteiger partial charge in [0.25, 0.3) is 0 Å². The number of carboxylic acids is 1. The number of hydrogen-bond donors (Lipinski definition) is 1. The molecule has 0 amide bonds. The van der Waals surface area contributed by atoms with Crippen LogP contribution in [-0.2, 0) is 14.6 Å². The molecule has 1 aromatic rings. The van der Waals surface area contributed by atoms with Gasteiger partial charge >= 0.3 is 5.97 Å². The van der Waals surface area contributed by atoms with Crippen molar-refractivity contribution in [3.8, 4) is 0 Å². The van der Waals surface area contributed by atoms with Crippen LogP contribution in [0.2, 0.25) is 10.0 Å². The predicted molar refractivity (Wildman–Crippen MR) is 69.9 cm³/mol. The fourth-order valence-corrected chi connectivity index (χ4v) is 3.47. The second-order valence-corrected chi connectivity index (χ2v) is 7.33. The fraction of sp³-hybridized carbons (Fsp3) is 0.364. The summed E-state index contributed by atoms with van der Waals surface area (Å²) in [5, 5.41) is 9.30. The third-order valence-electron chi connectivity index (χ3n) is 2.38. The molecule has 0 aromatic heterocycles. The first-order valence-electron chi connectivity index (χ1n) is 4.97. The lowest BCUT2D eigenvalue weighted by Gasteiger charge is -2.18. The maximum Gasteiger partial charge on any atom is 0.310 e. The summed E-state index contributed by atoms with van der Waals surface area (Å²) in [6, 6.07) is 3.89. The van der Waals surface area contributed by atoms with Gasteiger partial charge in [0.15, 0.2) is 9.84 Å². The lowest BCUT2D eigenvalue weighted by atomic mass is 9.97. The van der Waals surface area contributed by atoms with E-state index in [0.717, 1.165) is 0 Å². The van der Waals surface area contributed by atoms with Crippen molar-refractivity contribution in [3.63, 3.8) is 0 Å². The molecule has 0 aliphatic rings. The van der Waals surface area contributed by atoms with E-state index in [1.807, 2.05) is 0 Å². The standard InChI is InChI=1S/C11H12Cl2O4S/c1-11(2,10(14)15)6-18(16,17)7-3-4-8(12)9(13)5-7/h3-5H,6H2,1-2H3,(H,14,15). The number of sulfone groups is 1. The van der Waals surface area contributed by atoms with Gasteiger partial charge in [-0.05, 0) is 32.0 Å². The summed E-state index contributed by atoms with van der Waals surface area (Å²) in [6.45, 7) is 2.70. The molecule has 0 atom stereocenters. The number of benzene rings is 1. The summed E-state index contributed by atoms with van der Waals surface area (Å²) >= 11 is 11.4. The number of aliphatic carboxylic acids is 1. The second kappa shape index (κ2) is 5.07. The minimum Gasteiger partial charge on any atom is -0.481 e. The van der Waals surface area contributed by atoms with Crippen LogP contribution in [0.1, 0.15) is 13.8 Å². The van der Waals surface area contributed by atoms with E-state index in [1.165, 1.54) is 32.0 Å². The topological polar surface area (TPSA) is 71.4 Å². The summed E-state index contributed by atoms with van der Waals surface area (Å²) in [6.07, 6.45) is 0. The minimum atomic E-state index is -3.73. The maximum atomic E-state index is 12.1. The van der Waals surface area contributed by atoms with Gasteiger partial charge in [0.05, 0.1) is 26.1 Å². The Kier molecular flexibility index (Phi) is 4.30. The zero-order chi connectivity index (χ0) is 14.1. The van der Waals surface area contributed by atoms with Crippen molar-refractivity contribution in [2.24, 2.45) is 5.41 Å². The zero-order valence-corrected chi connectivity index (χ0v) is 12.1. The molecule has 0 saturated carbocycles. The minimum absolute atomic E-state index is 0.0359. The molecule has 0 radical (unpaired) electrons. The lowest BCUT2D eigenvalue weighted by Crippen LogP contribution is -2.32. The third kappa shape index (κ3) is 3.37. The van der Waals surface area contributed by atoms with Gasteiger partial charge in [0.1, 0.15) is 0 Å². The summed E-state index contributed by atoms with van der Waals surface area (Å²) in [5.41, 5.74) is -1.37. The van der Waals surface area contributed by atoms with E-state index in [4.69, 9.17) is 28.3 Å². The van der Waals surface area contributed by atoms with Gasteiger partial charge in [0.2, 0.25) is 0 Å². The number of rotatable bonds is 4. The van der Waals surface area contributed by atoms with E-state index < -0.39 is 27.0 Å². The Hall–Kier alpha value is -0.780. The maximum absolute atomic E-state index is 12.1.